The van der Waals surface area contributed by atoms with Crippen molar-refractivity contribution >= 4 is 27.9 Å². The average molecular weight is 727 g/mol. The van der Waals surface area contributed by atoms with Gasteiger partial charge in [0.05, 0.1) is 40.6 Å². The third-order valence-electron chi connectivity index (χ3n) is 6.96. The number of hydrogen-bond acceptors (Lipinski definition) is 11. The number of amides is 1. The highest BCUT2D eigenvalue weighted by Crippen LogP contribution is 2.33. The van der Waals surface area contributed by atoms with Gasteiger partial charge in [0, 0.05) is 18.9 Å². The van der Waals surface area contributed by atoms with E-state index in [1.807, 2.05) is 11.6 Å². The molecule has 3 aromatic rings. The molecule has 1 amide bonds. The Hall–Kier alpha value is -5.20. The normalized spacial score (nSPS) is 13.4. The first-order chi connectivity index (χ1) is 23.3. The molecular weight excluding hydrogens is 689 g/mol. The maximum Gasteiger partial charge on any atom is 0.435 e. The molecule has 1 heterocycles. The standard InChI is InChI=1S/C31H37F3N6O9S/c1-19(2)30(43)48-22(5)49-37-40(44)38(6)21(4)18-47-29(42)16-15-28(41)36-50(45,46)25-13-11-24(12-14-25)39-26(17-27(35-39)31(32,33)34)23-9-7-20(3)8-10-23/h7-14,17,19,21-22H,15-16,18H2,1-6H3,(H,36,41)/t21-,22?/m0/s1. The van der Waals surface area contributed by atoms with Crippen LogP contribution in [-0.2, 0) is 44.9 Å². The van der Waals surface area contributed by atoms with Crippen LogP contribution in [0.5, 0.6) is 0 Å². The van der Waals surface area contributed by atoms with Crippen LogP contribution in [0.3, 0.4) is 0 Å². The van der Waals surface area contributed by atoms with Crippen LogP contribution in [0.25, 0.3) is 16.9 Å². The van der Waals surface area contributed by atoms with Gasteiger partial charge >= 0.3 is 18.1 Å². The molecule has 2 aromatic carbocycles. The molecule has 0 aliphatic rings. The number of rotatable bonds is 15. The number of nitrogens with one attached hydrogen (secondary N) is 1. The van der Waals surface area contributed by atoms with Crippen molar-refractivity contribution < 1.29 is 55.3 Å². The van der Waals surface area contributed by atoms with Crippen LogP contribution in [0.4, 0.5) is 13.2 Å². The predicted octanol–water partition coefficient (Wildman–Crippen LogP) is 4.67. The highest BCUT2D eigenvalue weighted by Gasteiger charge is 2.35. The minimum Gasteiger partial charge on any atom is -0.569 e. The molecule has 19 heteroatoms. The number of benzene rings is 2. The highest BCUT2D eigenvalue weighted by molar-refractivity contribution is 7.90. The zero-order valence-electron chi connectivity index (χ0n) is 28.0. The van der Waals surface area contributed by atoms with Gasteiger partial charge in [-0.1, -0.05) is 43.7 Å². The molecule has 1 unspecified atom stereocenters. The van der Waals surface area contributed by atoms with Gasteiger partial charge in [-0.15, -0.1) is 5.01 Å². The summed E-state index contributed by atoms with van der Waals surface area (Å²) in [5.41, 5.74) is 0.467. The van der Waals surface area contributed by atoms with Crippen molar-refractivity contribution in [1.29, 1.82) is 0 Å². The van der Waals surface area contributed by atoms with E-state index in [4.69, 9.17) is 14.3 Å². The molecule has 1 aromatic heterocycles. The maximum absolute atomic E-state index is 13.5. The number of esters is 2. The van der Waals surface area contributed by atoms with E-state index in [0.717, 1.165) is 33.5 Å². The van der Waals surface area contributed by atoms with Crippen LogP contribution >= 0.6 is 0 Å². The van der Waals surface area contributed by atoms with Crippen molar-refractivity contribution in [3.8, 4) is 16.9 Å². The number of carbonyl (C=O) groups is 3. The van der Waals surface area contributed by atoms with Crippen molar-refractivity contribution in [3.05, 3.63) is 71.1 Å². The average Bonchev–Trinajstić information content (AvgIpc) is 3.51. The fourth-order valence-corrected chi connectivity index (χ4v) is 4.95. The fourth-order valence-electron chi connectivity index (χ4n) is 3.94. The van der Waals surface area contributed by atoms with Gasteiger partial charge in [0.25, 0.3) is 16.3 Å². The molecule has 1 N–H and O–H groups in total. The Kier molecular flexibility index (Phi) is 12.9. The Bertz CT molecular complexity index is 1800. The number of aryl methyl sites for hydroxylation is 1. The summed E-state index contributed by atoms with van der Waals surface area (Å²) in [6.45, 7) is 7.64. The Morgan fingerprint density at radius 2 is 1.66 bits per heavy atom. The quantitative estimate of drug-likeness (QED) is 0.0755. The second-order valence-corrected chi connectivity index (χ2v) is 13.1. The molecule has 2 atom stereocenters. The molecule has 0 radical (unpaired) electrons. The van der Waals surface area contributed by atoms with Gasteiger partial charge in [0.2, 0.25) is 11.2 Å². The number of sulfonamides is 1. The number of likely N-dealkylation sites (N-methyl/N-ethyl adjacent to an activating group) is 1. The van der Waals surface area contributed by atoms with Crippen LogP contribution in [-0.4, -0.2) is 72.0 Å². The lowest BCUT2D eigenvalue weighted by atomic mass is 10.1. The third-order valence-corrected chi connectivity index (χ3v) is 8.34. The summed E-state index contributed by atoms with van der Waals surface area (Å²) in [6, 6.07) is 11.6. The minimum atomic E-state index is -4.73. The number of carbonyl (C=O) groups excluding carboxylic acids is 3. The molecule has 0 saturated heterocycles. The second-order valence-electron chi connectivity index (χ2n) is 11.4. The number of hydrazine groups is 1. The first kappa shape index (κ1) is 39.2. The molecule has 0 bridgehead atoms. The maximum atomic E-state index is 13.5. The zero-order valence-corrected chi connectivity index (χ0v) is 28.8. The number of alkyl halides is 3. The second kappa shape index (κ2) is 16.5. The topological polar surface area (TPSA) is 185 Å². The zero-order chi connectivity index (χ0) is 37.4. The molecule has 0 aliphatic heterocycles. The lowest BCUT2D eigenvalue weighted by molar-refractivity contribution is -0.714. The fraction of sp³-hybridized carbons (Fsp3) is 0.419. The molecule has 50 heavy (non-hydrogen) atoms. The van der Waals surface area contributed by atoms with Crippen molar-refractivity contribution in [2.24, 2.45) is 11.2 Å². The van der Waals surface area contributed by atoms with Gasteiger partial charge in [-0.05, 0) is 44.2 Å². The lowest BCUT2D eigenvalue weighted by Gasteiger charge is -2.20. The van der Waals surface area contributed by atoms with E-state index in [1.165, 1.54) is 33.0 Å². The molecule has 0 spiro atoms. The van der Waals surface area contributed by atoms with Gasteiger partial charge < -0.3 is 14.7 Å². The number of halogens is 3. The van der Waals surface area contributed by atoms with Crippen LogP contribution in [0, 0.1) is 18.0 Å². The van der Waals surface area contributed by atoms with E-state index in [2.05, 4.69) is 10.4 Å². The van der Waals surface area contributed by atoms with Gasteiger partial charge in [0.15, 0.2) is 5.69 Å². The summed E-state index contributed by atoms with van der Waals surface area (Å²) < 4.78 is 79.0. The summed E-state index contributed by atoms with van der Waals surface area (Å²) in [5.74, 6) is -2.84. The van der Waals surface area contributed by atoms with Crippen molar-refractivity contribution in [2.45, 2.75) is 70.9 Å². The van der Waals surface area contributed by atoms with Gasteiger partial charge in [-0.2, -0.15) is 18.3 Å². The van der Waals surface area contributed by atoms with Crippen molar-refractivity contribution in [2.75, 3.05) is 13.7 Å². The number of ether oxygens (including phenoxy) is 2. The number of hydrogen-bond donors (Lipinski definition) is 1. The van der Waals surface area contributed by atoms with Crippen LogP contribution in [0.15, 0.2) is 64.8 Å². The van der Waals surface area contributed by atoms with Gasteiger partial charge in [-0.25, -0.2) is 17.8 Å². The summed E-state index contributed by atoms with van der Waals surface area (Å²) >= 11 is 0. The summed E-state index contributed by atoms with van der Waals surface area (Å²) in [6.07, 6.45) is -6.91. The summed E-state index contributed by atoms with van der Waals surface area (Å²) in [5, 5.41) is 20.1. The highest BCUT2D eigenvalue weighted by atomic mass is 32.2. The van der Waals surface area contributed by atoms with Crippen LogP contribution in [0.2, 0.25) is 0 Å². The largest absolute Gasteiger partial charge is 0.569 e. The number of nitrogens with zero attached hydrogens (tertiary/aromatic N) is 5. The molecule has 0 saturated carbocycles. The molecule has 3 rings (SSSR count). The van der Waals surface area contributed by atoms with E-state index < -0.39 is 70.8 Å². The first-order valence-electron chi connectivity index (χ1n) is 15.1. The van der Waals surface area contributed by atoms with Gasteiger partial charge in [-0.3, -0.25) is 19.2 Å². The Morgan fingerprint density at radius 3 is 2.24 bits per heavy atom. The third kappa shape index (κ3) is 10.9. The molecule has 0 fully saturated rings. The molecular formula is C31H37F3N6O9S. The van der Waals surface area contributed by atoms with Crippen LogP contribution in [0.1, 0.15) is 51.8 Å². The van der Waals surface area contributed by atoms with E-state index >= 15 is 0 Å². The van der Waals surface area contributed by atoms with Crippen molar-refractivity contribution in [3.63, 3.8) is 0 Å². The van der Waals surface area contributed by atoms with Crippen molar-refractivity contribution in [1.82, 2.24) is 19.5 Å². The van der Waals surface area contributed by atoms with Crippen LogP contribution < -0.4 is 4.72 Å². The first-order valence-corrected chi connectivity index (χ1v) is 16.6. The Morgan fingerprint density at radius 1 is 1.04 bits per heavy atom. The number of aromatic nitrogens is 2. The summed E-state index contributed by atoms with van der Waals surface area (Å²) in [4.78, 5) is 40.7. The predicted molar refractivity (Wildman–Crippen MR) is 169 cm³/mol. The van der Waals surface area contributed by atoms with E-state index in [1.54, 1.807) is 38.1 Å². The monoisotopic (exact) mass is 726 g/mol. The van der Waals surface area contributed by atoms with E-state index in [-0.39, 0.29) is 27.9 Å². The van der Waals surface area contributed by atoms with E-state index in [0.29, 0.717) is 5.56 Å². The Labute approximate surface area is 286 Å². The van der Waals surface area contributed by atoms with Gasteiger partial charge in [0.1, 0.15) is 12.6 Å². The SMILES string of the molecule is Cc1ccc(-c2cc(C(F)(F)F)nn2-c2ccc(S(=O)(=O)NC(=O)CCC(=O)OC[C@H](C)N(C)[N+]([O-])=NOC(C)OC(=O)C(C)C)cc2)cc1. The molecule has 272 valence electrons. The summed E-state index contributed by atoms with van der Waals surface area (Å²) in [7, 11) is -3.09. The molecule has 15 nitrogen and oxygen atoms in total. The Balaban J connectivity index is 1.55. The van der Waals surface area contributed by atoms with E-state index in [9.17, 15) is 41.2 Å². The molecule has 0 aliphatic carbocycles. The lowest BCUT2D eigenvalue weighted by Crippen LogP contribution is -2.39. The minimum absolute atomic E-state index is 0.0564. The smallest absolute Gasteiger partial charge is 0.435 e.